The van der Waals surface area contributed by atoms with Crippen molar-refractivity contribution in [3.05, 3.63) is 215 Å². The standard InChI is InChI=1S/C51H37NO2/c1-2-38(20-12-19-36-18-11-17-35-15-5-6-21-40(35)36)52(39-29-31-48-44(33-39)42-23-8-10-26-47(42)53-48)46-25-9-7-22-41(46)43-24-13-27-50-51(43)45-32-37-16-4-3-14-34(37)28-30-49(45)54-50/h2-16,18-29,31-33,35H,1,17,30H2/b19-12+,38-20+. The summed E-state index contributed by atoms with van der Waals surface area (Å²) >= 11 is 0. The van der Waals surface area contributed by atoms with Gasteiger partial charge in [0.15, 0.2) is 0 Å². The Labute approximate surface area is 314 Å². The molecule has 0 fully saturated rings. The molecule has 2 heterocycles. The zero-order valence-corrected chi connectivity index (χ0v) is 29.8. The third-order valence-electron chi connectivity index (χ3n) is 10.8. The fourth-order valence-corrected chi connectivity index (χ4v) is 8.29. The van der Waals surface area contributed by atoms with E-state index >= 15 is 0 Å². The van der Waals surface area contributed by atoms with E-state index in [2.05, 4.69) is 175 Å². The van der Waals surface area contributed by atoms with E-state index in [1.807, 2.05) is 18.2 Å². The largest absolute Gasteiger partial charge is 0.460 e. The molecule has 10 rings (SSSR count). The predicted molar refractivity (Wildman–Crippen MR) is 225 cm³/mol. The number of para-hydroxylation sites is 2. The molecule has 0 aliphatic heterocycles. The van der Waals surface area contributed by atoms with Gasteiger partial charge in [0, 0.05) is 51.0 Å². The van der Waals surface area contributed by atoms with Gasteiger partial charge in [-0.25, -0.2) is 0 Å². The summed E-state index contributed by atoms with van der Waals surface area (Å²) in [5.41, 5.74) is 11.5. The van der Waals surface area contributed by atoms with E-state index in [9.17, 15) is 0 Å². The van der Waals surface area contributed by atoms with Crippen molar-refractivity contribution in [1.29, 1.82) is 0 Å². The predicted octanol–water partition coefficient (Wildman–Crippen LogP) is 11.9. The summed E-state index contributed by atoms with van der Waals surface area (Å²) in [5.74, 6) is 1.40. The number of fused-ring (bicyclic) bond motifs is 8. The molecular formula is C51H37NO2. The van der Waals surface area contributed by atoms with Gasteiger partial charge in [0.2, 0.25) is 0 Å². The smallest absolute Gasteiger partial charge is 0.135 e. The molecule has 5 aromatic carbocycles. The monoisotopic (exact) mass is 695 g/mol. The molecule has 0 spiro atoms. The van der Waals surface area contributed by atoms with E-state index in [1.165, 1.54) is 21.6 Å². The highest BCUT2D eigenvalue weighted by molar-refractivity contribution is 6.07. The Kier molecular flexibility index (Phi) is 7.84. The van der Waals surface area contributed by atoms with E-state index in [1.54, 1.807) is 0 Å². The summed E-state index contributed by atoms with van der Waals surface area (Å²) in [6.45, 7) is 4.37. The second kappa shape index (κ2) is 13.3. The third kappa shape index (κ3) is 5.45. The summed E-state index contributed by atoms with van der Waals surface area (Å²) in [7, 11) is 0. The molecule has 3 aliphatic rings. The number of nitrogens with zero attached hydrogens (tertiary/aromatic N) is 1. The van der Waals surface area contributed by atoms with Gasteiger partial charge in [0.1, 0.15) is 22.5 Å². The fraction of sp³-hybridized carbons (Fsp3) is 0.0588. The Bertz CT molecular complexity index is 2970. The number of allylic oxidation sites excluding steroid dienone is 12. The van der Waals surface area contributed by atoms with Crippen LogP contribution in [0.4, 0.5) is 11.4 Å². The minimum absolute atomic E-state index is 0.423. The molecule has 0 N–H and O–H groups in total. The number of hydrogen-bond acceptors (Lipinski definition) is 3. The van der Waals surface area contributed by atoms with Crippen molar-refractivity contribution >= 4 is 56.4 Å². The van der Waals surface area contributed by atoms with Crippen LogP contribution in [0.3, 0.4) is 0 Å². The lowest BCUT2D eigenvalue weighted by Gasteiger charge is -2.29. The Balaban J connectivity index is 1.17. The van der Waals surface area contributed by atoms with Gasteiger partial charge >= 0.3 is 0 Å². The number of rotatable bonds is 7. The lowest BCUT2D eigenvalue weighted by Crippen LogP contribution is -2.22. The van der Waals surface area contributed by atoms with Crippen LogP contribution in [-0.2, 0) is 6.42 Å². The Morgan fingerprint density at radius 2 is 1.56 bits per heavy atom. The van der Waals surface area contributed by atoms with Gasteiger partial charge in [-0.05, 0) is 88.2 Å². The van der Waals surface area contributed by atoms with Crippen molar-refractivity contribution < 1.29 is 8.83 Å². The summed E-state index contributed by atoms with van der Waals surface area (Å²) in [4.78, 5) is 2.32. The number of hydrogen-bond donors (Lipinski definition) is 0. The van der Waals surface area contributed by atoms with Crippen LogP contribution < -0.4 is 15.3 Å². The molecule has 2 aromatic heterocycles. The van der Waals surface area contributed by atoms with E-state index in [4.69, 9.17) is 8.83 Å². The van der Waals surface area contributed by atoms with Gasteiger partial charge in [-0.15, -0.1) is 0 Å². The maximum atomic E-state index is 6.60. The number of anilines is 2. The van der Waals surface area contributed by atoms with E-state index < -0.39 is 0 Å². The molecule has 1 unspecified atom stereocenters. The third-order valence-corrected chi connectivity index (χ3v) is 10.8. The molecule has 0 radical (unpaired) electrons. The second-order valence-corrected chi connectivity index (χ2v) is 14.0. The molecule has 3 aliphatic carbocycles. The molecule has 54 heavy (non-hydrogen) atoms. The quantitative estimate of drug-likeness (QED) is 0.156. The minimum Gasteiger partial charge on any atom is -0.460 e. The maximum Gasteiger partial charge on any atom is 0.135 e. The number of furan rings is 2. The summed E-state index contributed by atoms with van der Waals surface area (Å²) in [6.07, 6.45) is 28.1. The molecule has 0 amide bonds. The first kappa shape index (κ1) is 31.9. The highest BCUT2D eigenvalue weighted by atomic mass is 16.3. The van der Waals surface area contributed by atoms with Crippen molar-refractivity contribution in [2.45, 2.75) is 12.8 Å². The topological polar surface area (TPSA) is 29.5 Å². The maximum absolute atomic E-state index is 6.60. The van der Waals surface area contributed by atoms with Crippen molar-refractivity contribution in [3.63, 3.8) is 0 Å². The zero-order valence-electron chi connectivity index (χ0n) is 29.8. The Hall–Kier alpha value is -6.84. The molecule has 7 aromatic rings. The molecule has 3 nitrogen and oxygen atoms in total. The highest BCUT2D eigenvalue weighted by Gasteiger charge is 2.23. The molecule has 0 bridgehead atoms. The van der Waals surface area contributed by atoms with E-state index in [0.717, 1.165) is 85.3 Å². The van der Waals surface area contributed by atoms with Gasteiger partial charge in [-0.2, -0.15) is 0 Å². The van der Waals surface area contributed by atoms with Crippen LogP contribution in [0.1, 0.15) is 17.7 Å². The summed E-state index contributed by atoms with van der Waals surface area (Å²) in [5, 5.41) is 5.70. The first-order valence-corrected chi connectivity index (χ1v) is 18.6. The van der Waals surface area contributed by atoms with Crippen LogP contribution >= 0.6 is 0 Å². The lowest BCUT2D eigenvalue weighted by atomic mass is 9.84. The molecule has 0 saturated heterocycles. The van der Waals surface area contributed by atoms with Crippen molar-refractivity contribution in [2.75, 3.05) is 4.90 Å². The van der Waals surface area contributed by atoms with E-state index in [-0.39, 0.29) is 0 Å². The SMILES string of the molecule is C=C/C(=C\C=C\C1=C2C=CC=CC2CC=C1)N(c1ccc2oc3ccccc3c2c1)c1ccccc1-c1cccc2oc3c(c12)C=c1ccccc1=CC3. The van der Waals surface area contributed by atoms with Crippen molar-refractivity contribution in [3.8, 4) is 11.1 Å². The van der Waals surface area contributed by atoms with Gasteiger partial charge in [-0.1, -0.05) is 134 Å². The van der Waals surface area contributed by atoms with Crippen molar-refractivity contribution in [1.82, 2.24) is 0 Å². The van der Waals surface area contributed by atoms with Gasteiger partial charge in [0.05, 0.1) is 5.69 Å². The normalized spacial score (nSPS) is 16.3. The van der Waals surface area contributed by atoms with Crippen LogP contribution in [0.2, 0.25) is 0 Å². The zero-order chi connectivity index (χ0) is 36.0. The Morgan fingerprint density at radius 3 is 2.50 bits per heavy atom. The Morgan fingerprint density at radius 1 is 0.741 bits per heavy atom. The lowest BCUT2D eigenvalue weighted by molar-refractivity contribution is 0.568. The van der Waals surface area contributed by atoms with Crippen LogP contribution in [0.25, 0.3) is 56.2 Å². The highest BCUT2D eigenvalue weighted by Crippen LogP contribution is 2.44. The van der Waals surface area contributed by atoms with Crippen LogP contribution in [-0.4, -0.2) is 0 Å². The van der Waals surface area contributed by atoms with Crippen molar-refractivity contribution in [2.24, 2.45) is 5.92 Å². The first-order chi connectivity index (χ1) is 26.7. The molecular weight excluding hydrogens is 659 g/mol. The van der Waals surface area contributed by atoms with Gasteiger partial charge in [-0.3, -0.25) is 0 Å². The number of benzene rings is 5. The van der Waals surface area contributed by atoms with Crippen LogP contribution in [0, 0.1) is 5.92 Å². The molecule has 258 valence electrons. The first-order valence-electron chi connectivity index (χ1n) is 18.6. The second-order valence-electron chi connectivity index (χ2n) is 14.0. The fourth-order valence-electron chi connectivity index (χ4n) is 8.29. The summed E-state index contributed by atoms with van der Waals surface area (Å²) in [6, 6.07) is 38.3. The molecule has 3 heteroatoms. The van der Waals surface area contributed by atoms with Gasteiger partial charge < -0.3 is 13.7 Å². The van der Waals surface area contributed by atoms with E-state index in [0.29, 0.717) is 5.92 Å². The molecule has 1 atom stereocenters. The van der Waals surface area contributed by atoms with Crippen LogP contribution in [0.5, 0.6) is 0 Å². The molecule has 0 saturated carbocycles. The summed E-state index contributed by atoms with van der Waals surface area (Å²) < 4.78 is 12.9. The van der Waals surface area contributed by atoms with Crippen LogP contribution in [0.15, 0.2) is 202 Å². The average Bonchev–Trinajstić information content (AvgIpc) is 3.71. The average molecular weight is 696 g/mol. The van der Waals surface area contributed by atoms with Gasteiger partial charge in [0.25, 0.3) is 0 Å². The minimum atomic E-state index is 0.423.